The van der Waals surface area contributed by atoms with Crippen LogP contribution in [-0.2, 0) is 16.6 Å². The molecule has 3 rings (SSSR count). The van der Waals surface area contributed by atoms with Gasteiger partial charge >= 0.3 is 0 Å². The van der Waals surface area contributed by atoms with Crippen molar-refractivity contribution in [2.45, 2.75) is 39.5 Å². The maximum atomic E-state index is 12.4. The number of amides is 1. The average molecular weight is 358 g/mol. The standard InChI is InChI=1S/C24H26N2O/c1-17(18-12-14-21(15-13-18)24(2,3)4)25-26-23(27)16-20-10-7-9-19-8-5-6-11-22(19)20/h5-15H,16H2,1-4H3,(H,26,27)/b25-17+. The van der Waals surface area contributed by atoms with Crippen LogP contribution in [0.5, 0.6) is 0 Å². The molecule has 0 aliphatic rings. The highest BCUT2D eigenvalue weighted by atomic mass is 16.2. The first kappa shape index (κ1) is 18.8. The number of nitrogens with zero attached hydrogens (tertiary/aromatic N) is 1. The molecule has 3 heteroatoms. The van der Waals surface area contributed by atoms with E-state index in [-0.39, 0.29) is 11.3 Å². The van der Waals surface area contributed by atoms with E-state index < -0.39 is 0 Å². The molecule has 0 bridgehead atoms. The van der Waals surface area contributed by atoms with E-state index in [9.17, 15) is 4.79 Å². The van der Waals surface area contributed by atoms with Gasteiger partial charge in [-0.3, -0.25) is 4.79 Å². The maximum Gasteiger partial charge on any atom is 0.244 e. The monoisotopic (exact) mass is 358 g/mol. The Bertz CT molecular complexity index is 974. The topological polar surface area (TPSA) is 41.5 Å². The van der Waals surface area contributed by atoms with Crippen molar-refractivity contribution in [1.29, 1.82) is 0 Å². The smallest absolute Gasteiger partial charge is 0.244 e. The quantitative estimate of drug-likeness (QED) is 0.504. The normalized spacial score (nSPS) is 12.2. The number of carbonyl (C=O) groups is 1. The van der Waals surface area contributed by atoms with Crippen LogP contribution in [0.15, 0.2) is 71.8 Å². The minimum absolute atomic E-state index is 0.114. The molecule has 0 radical (unpaired) electrons. The Hall–Kier alpha value is -2.94. The number of hydrogen-bond acceptors (Lipinski definition) is 2. The third-order valence-corrected chi connectivity index (χ3v) is 4.75. The second-order valence-corrected chi connectivity index (χ2v) is 7.87. The predicted octanol–water partition coefficient (Wildman–Crippen LogP) is 5.22. The van der Waals surface area contributed by atoms with Gasteiger partial charge in [0, 0.05) is 0 Å². The van der Waals surface area contributed by atoms with Crippen molar-refractivity contribution in [2.24, 2.45) is 5.10 Å². The lowest BCUT2D eigenvalue weighted by molar-refractivity contribution is -0.120. The highest BCUT2D eigenvalue weighted by Crippen LogP contribution is 2.22. The molecule has 0 saturated carbocycles. The first-order chi connectivity index (χ1) is 12.8. The third-order valence-electron chi connectivity index (χ3n) is 4.75. The minimum atomic E-state index is -0.114. The zero-order chi connectivity index (χ0) is 19.4. The molecule has 0 atom stereocenters. The fraction of sp³-hybridized carbons (Fsp3) is 0.250. The van der Waals surface area contributed by atoms with Crippen LogP contribution < -0.4 is 5.43 Å². The number of hydrazone groups is 1. The summed E-state index contributed by atoms with van der Waals surface area (Å²) >= 11 is 0. The van der Waals surface area contributed by atoms with Crippen LogP contribution in [0.1, 0.15) is 44.4 Å². The summed E-state index contributed by atoms with van der Waals surface area (Å²) in [5.41, 5.74) is 6.89. The largest absolute Gasteiger partial charge is 0.273 e. The van der Waals surface area contributed by atoms with E-state index in [1.165, 1.54) is 5.56 Å². The summed E-state index contributed by atoms with van der Waals surface area (Å²) in [5, 5.41) is 6.52. The maximum absolute atomic E-state index is 12.4. The van der Waals surface area contributed by atoms with Crippen molar-refractivity contribution in [1.82, 2.24) is 5.43 Å². The van der Waals surface area contributed by atoms with E-state index in [1.54, 1.807) is 0 Å². The van der Waals surface area contributed by atoms with E-state index in [0.29, 0.717) is 6.42 Å². The summed E-state index contributed by atoms with van der Waals surface area (Å²) in [5.74, 6) is -0.114. The molecule has 0 aliphatic heterocycles. The van der Waals surface area contributed by atoms with E-state index in [1.807, 2.05) is 37.3 Å². The number of rotatable bonds is 4. The first-order valence-electron chi connectivity index (χ1n) is 9.25. The molecule has 0 fully saturated rings. The molecular weight excluding hydrogens is 332 g/mol. The van der Waals surface area contributed by atoms with Crippen LogP contribution in [0, 0.1) is 0 Å². The Morgan fingerprint density at radius 1 is 0.926 bits per heavy atom. The van der Waals surface area contributed by atoms with Crippen molar-refractivity contribution < 1.29 is 4.79 Å². The van der Waals surface area contributed by atoms with Gasteiger partial charge in [-0.25, -0.2) is 5.43 Å². The van der Waals surface area contributed by atoms with Gasteiger partial charge in [-0.1, -0.05) is 87.5 Å². The highest BCUT2D eigenvalue weighted by Gasteiger charge is 2.13. The summed E-state index contributed by atoms with van der Waals surface area (Å²) in [7, 11) is 0. The summed E-state index contributed by atoms with van der Waals surface area (Å²) < 4.78 is 0. The molecule has 3 nitrogen and oxygen atoms in total. The Labute approximate surface area is 161 Å². The van der Waals surface area contributed by atoms with Gasteiger partial charge in [-0.2, -0.15) is 5.10 Å². The lowest BCUT2D eigenvalue weighted by Gasteiger charge is -2.19. The van der Waals surface area contributed by atoms with Gasteiger partial charge < -0.3 is 0 Å². The van der Waals surface area contributed by atoms with Gasteiger partial charge in [-0.05, 0) is 39.8 Å². The van der Waals surface area contributed by atoms with Crippen LogP contribution in [-0.4, -0.2) is 11.6 Å². The molecule has 27 heavy (non-hydrogen) atoms. The van der Waals surface area contributed by atoms with Gasteiger partial charge in [0.1, 0.15) is 0 Å². The van der Waals surface area contributed by atoms with Gasteiger partial charge in [0.15, 0.2) is 0 Å². The molecule has 138 valence electrons. The van der Waals surface area contributed by atoms with E-state index in [0.717, 1.165) is 27.6 Å². The highest BCUT2D eigenvalue weighted by molar-refractivity contribution is 5.99. The number of benzene rings is 3. The molecule has 0 heterocycles. The summed E-state index contributed by atoms with van der Waals surface area (Å²) in [6.07, 6.45) is 0.307. The SMILES string of the molecule is C/C(=N\NC(=O)Cc1cccc2ccccc12)c1ccc(C(C)(C)C)cc1. The molecular formula is C24H26N2O. The van der Waals surface area contributed by atoms with Gasteiger partial charge in [0.25, 0.3) is 0 Å². The zero-order valence-electron chi connectivity index (χ0n) is 16.4. The van der Waals surface area contributed by atoms with Crippen LogP contribution in [0.3, 0.4) is 0 Å². The Kier molecular flexibility index (Phi) is 5.41. The number of carbonyl (C=O) groups excluding carboxylic acids is 1. The molecule has 0 aromatic heterocycles. The second-order valence-electron chi connectivity index (χ2n) is 7.87. The van der Waals surface area contributed by atoms with E-state index in [2.05, 4.69) is 67.7 Å². The van der Waals surface area contributed by atoms with Crippen LogP contribution in [0.2, 0.25) is 0 Å². The molecule has 3 aromatic rings. The summed E-state index contributed by atoms with van der Waals surface area (Å²) in [6.45, 7) is 8.48. The molecule has 0 spiro atoms. The van der Waals surface area contributed by atoms with Crippen LogP contribution in [0.25, 0.3) is 10.8 Å². The minimum Gasteiger partial charge on any atom is -0.273 e. The van der Waals surface area contributed by atoms with Crippen molar-refractivity contribution in [3.63, 3.8) is 0 Å². The van der Waals surface area contributed by atoms with Gasteiger partial charge in [-0.15, -0.1) is 0 Å². The molecule has 1 N–H and O–H groups in total. The summed E-state index contributed by atoms with van der Waals surface area (Å²) in [6, 6.07) is 22.5. The van der Waals surface area contributed by atoms with Crippen molar-refractivity contribution in [2.75, 3.05) is 0 Å². The Balaban J connectivity index is 1.69. The van der Waals surface area contributed by atoms with Crippen molar-refractivity contribution >= 4 is 22.4 Å². The number of fused-ring (bicyclic) bond motifs is 1. The van der Waals surface area contributed by atoms with Gasteiger partial charge in [0.2, 0.25) is 5.91 Å². The average Bonchev–Trinajstić information content (AvgIpc) is 2.66. The first-order valence-corrected chi connectivity index (χ1v) is 9.25. The molecule has 0 unspecified atom stereocenters. The lowest BCUT2D eigenvalue weighted by atomic mass is 9.86. The van der Waals surface area contributed by atoms with Crippen LogP contribution in [0.4, 0.5) is 0 Å². The zero-order valence-corrected chi connectivity index (χ0v) is 16.4. The Morgan fingerprint density at radius 3 is 2.30 bits per heavy atom. The summed E-state index contributed by atoms with van der Waals surface area (Å²) in [4.78, 5) is 12.4. The van der Waals surface area contributed by atoms with E-state index >= 15 is 0 Å². The van der Waals surface area contributed by atoms with Crippen molar-refractivity contribution in [3.8, 4) is 0 Å². The van der Waals surface area contributed by atoms with Gasteiger partial charge in [0.05, 0.1) is 12.1 Å². The fourth-order valence-corrected chi connectivity index (χ4v) is 3.08. The van der Waals surface area contributed by atoms with Crippen LogP contribution >= 0.6 is 0 Å². The molecule has 0 saturated heterocycles. The number of hydrogen-bond donors (Lipinski definition) is 1. The predicted molar refractivity (Wildman–Crippen MR) is 113 cm³/mol. The Morgan fingerprint density at radius 2 is 1.59 bits per heavy atom. The second kappa shape index (κ2) is 7.75. The van der Waals surface area contributed by atoms with E-state index in [4.69, 9.17) is 0 Å². The van der Waals surface area contributed by atoms with Crippen molar-refractivity contribution in [3.05, 3.63) is 83.4 Å². The molecule has 1 amide bonds. The molecule has 3 aromatic carbocycles. The lowest BCUT2D eigenvalue weighted by Crippen LogP contribution is -2.21. The third kappa shape index (κ3) is 4.62. The molecule has 0 aliphatic carbocycles. The fourth-order valence-electron chi connectivity index (χ4n) is 3.08. The number of nitrogens with one attached hydrogen (secondary N) is 1.